The molecule has 0 amide bonds. The van der Waals surface area contributed by atoms with Crippen LogP contribution in [0.1, 0.15) is 40.0 Å². The van der Waals surface area contributed by atoms with Gasteiger partial charge in [0.25, 0.3) is 0 Å². The van der Waals surface area contributed by atoms with Crippen molar-refractivity contribution in [1.82, 2.24) is 0 Å². The van der Waals surface area contributed by atoms with Crippen LogP contribution in [0.3, 0.4) is 0 Å². The van der Waals surface area contributed by atoms with Gasteiger partial charge in [-0.25, -0.2) is 4.79 Å². The van der Waals surface area contributed by atoms with E-state index in [1.165, 1.54) is 0 Å². The SMILES string of the molecule is CCO[Si](CCCCC1COC(=O)O1)(OCC)OCC. The predicted molar refractivity (Wildman–Crippen MR) is 75.5 cm³/mol. The molecule has 1 unspecified atom stereocenters. The van der Waals surface area contributed by atoms with E-state index >= 15 is 0 Å². The molecular formula is C13H26O6Si. The van der Waals surface area contributed by atoms with Crippen molar-refractivity contribution >= 4 is 15.0 Å². The molecule has 0 spiro atoms. The summed E-state index contributed by atoms with van der Waals surface area (Å²) in [4.78, 5) is 10.8. The maximum atomic E-state index is 10.8. The number of hydrogen-bond donors (Lipinski definition) is 0. The third-order valence-corrected chi connectivity index (χ3v) is 6.15. The lowest BCUT2D eigenvalue weighted by atomic mass is 10.2. The molecule has 6 nitrogen and oxygen atoms in total. The second-order valence-corrected chi connectivity index (χ2v) is 7.26. The fourth-order valence-corrected chi connectivity index (χ4v) is 4.91. The highest BCUT2D eigenvalue weighted by atomic mass is 28.4. The molecule has 0 radical (unpaired) electrons. The first-order valence-electron chi connectivity index (χ1n) is 7.41. The Kier molecular flexibility index (Phi) is 8.13. The number of carbonyl (C=O) groups is 1. The summed E-state index contributed by atoms with van der Waals surface area (Å²) in [5.41, 5.74) is 0. The molecule has 0 aromatic carbocycles. The molecule has 7 heteroatoms. The van der Waals surface area contributed by atoms with Gasteiger partial charge < -0.3 is 22.8 Å². The van der Waals surface area contributed by atoms with E-state index in [9.17, 15) is 4.79 Å². The molecule has 0 aromatic rings. The summed E-state index contributed by atoms with van der Waals surface area (Å²) < 4.78 is 27.1. The highest BCUT2D eigenvalue weighted by molar-refractivity contribution is 6.60. The van der Waals surface area contributed by atoms with E-state index in [2.05, 4.69) is 0 Å². The van der Waals surface area contributed by atoms with Gasteiger partial charge in [-0.3, -0.25) is 0 Å². The molecule has 1 atom stereocenters. The molecule has 1 fully saturated rings. The van der Waals surface area contributed by atoms with Crippen molar-refractivity contribution in [2.45, 2.75) is 52.2 Å². The lowest BCUT2D eigenvalue weighted by Gasteiger charge is -2.28. The molecule has 118 valence electrons. The Morgan fingerprint density at radius 2 is 1.70 bits per heavy atom. The smallest absolute Gasteiger partial charge is 0.430 e. The fraction of sp³-hybridized carbons (Fsp3) is 0.923. The minimum Gasteiger partial charge on any atom is -0.430 e. The zero-order valence-electron chi connectivity index (χ0n) is 12.7. The maximum absolute atomic E-state index is 10.8. The molecule has 1 aliphatic rings. The Hall–Kier alpha value is -0.633. The monoisotopic (exact) mass is 306 g/mol. The normalized spacial score (nSPS) is 18.9. The van der Waals surface area contributed by atoms with E-state index in [1.54, 1.807) is 0 Å². The van der Waals surface area contributed by atoms with Crippen LogP contribution < -0.4 is 0 Å². The predicted octanol–water partition coefficient (Wildman–Crippen LogP) is 2.74. The maximum Gasteiger partial charge on any atom is 0.508 e. The van der Waals surface area contributed by atoms with Crippen LogP contribution in [-0.4, -0.2) is 47.5 Å². The van der Waals surface area contributed by atoms with Crippen molar-refractivity contribution in [3.05, 3.63) is 0 Å². The summed E-state index contributed by atoms with van der Waals surface area (Å²) in [5.74, 6) is 0. The molecule has 1 rings (SSSR count). The molecule has 1 saturated heterocycles. The van der Waals surface area contributed by atoms with E-state index in [-0.39, 0.29) is 6.10 Å². The Morgan fingerprint density at radius 1 is 1.10 bits per heavy atom. The van der Waals surface area contributed by atoms with Crippen LogP contribution in [0.4, 0.5) is 4.79 Å². The fourth-order valence-electron chi connectivity index (χ4n) is 2.22. The van der Waals surface area contributed by atoms with Crippen LogP contribution in [-0.2, 0) is 22.8 Å². The molecule has 1 heterocycles. The average Bonchev–Trinajstić information content (AvgIpc) is 2.82. The van der Waals surface area contributed by atoms with Gasteiger partial charge in [-0.2, -0.15) is 0 Å². The number of cyclic esters (lactones) is 2. The first-order chi connectivity index (χ1) is 9.65. The van der Waals surface area contributed by atoms with E-state index in [4.69, 9.17) is 22.8 Å². The summed E-state index contributed by atoms with van der Waals surface area (Å²) >= 11 is 0. The van der Waals surface area contributed by atoms with Gasteiger partial charge >= 0.3 is 15.0 Å². The topological polar surface area (TPSA) is 63.2 Å². The van der Waals surface area contributed by atoms with Crippen molar-refractivity contribution in [3.8, 4) is 0 Å². The standard InChI is InChI=1S/C13H26O6Si/c1-4-16-20(17-5-2,18-6-3)10-8-7-9-12-11-15-13(14)19-12/h12H,4-11H2,1-3H3. The lowest BCUT2D eigenvalue weighted by molar-refractivity contribution is 0.0701. The van der Waals surface area contributed by atoms with Crippen LogP contribution in [0, 0.1) is 0 Å². The minimum absolute atomic E-state index is 0.107. The Bertz CT molecular complexity index is 269. The van der Waals surface area contributed by atoms with E-state index in [1.807, 2.05) is 20.8 Å². The number of hydrogen-bond acceptors (Lipinski definition) is 6. The van der Waals surface area contributed by atoms with Gasteiger partial charge in [0.2, 0.25) is 0 Å². The van der Waals surface area contributed by atoms with Gasteiger partial charge in [-0.1, -0.05) is 0 Å². The van der Waals surface area contributed by atoms with Crippen molar-refractivity contribution < 1.29 is 27.5 Å². The van der Waals surface area contributed by atoms with E-state index < -0.39 is 15.0 Å². The minimum atomic E-state index is -2.52. The summed E-state index contributed by atoms with van der Waals surface area (Å²) in [5, 5.41) is 0. The number of ether oxygens (including phenoxy) is 2. The number of carbonyl (C=O) groups excluding carboxylic acids is 1. The first kappa shape index (κ1) is 17.4. The van der Waals surface area contributed by atoms with E-state index in [0.717, 1.165) is 25.3 Å². The molecule has 0 aromatic heterocycles. The molecule has 0 N–H and O–H groups in total. The molecule has 1 aliphatic heterocycles. The first-order valence-corrected chi connectivity index (χ1v) is 9.34. The van der Waals surface area contributed by atoms with E-state index in [0.29, 0.717) is 26.4 Å². The summed E-state index contributed by atoms with van der Waals surface area (Å²) in [6, 6.07) is 0.796. The average molecular weight is 306 g/mol. The quantitative estimate of drug-likeness (QED) is 0.332. The Labute approximate surface area is 122 Å². The van der Waals surface area contributed by atoms with Crippen LogP contribution in [0.15, 0.2) is 0 Å². The summed E-state index contributed by atoms with van der Waals surface area (Å²) in [6.07, 6.45) is 2.01. The van der Waals surface area contributed by atoms with Gasteiger partial charge in [0.15, 0.2) is 0 Å². The largest absolute Gasteiger partial charge is 0.508 e. The third-order valence-electron chi connectivity index (χ3n) is 3.00. The highest BCUT2D eigenvalue weighted by Crippen LogP contribution is 2.21. The molecule has 0 saturated carbocycles. The van der Waals surface area contributed by atoms with Crippen LogP contribution in [0.2, 0.25) is 6.04 Å². The molecule has 20 heavy (non-hydrogen) atoms. The van der Waals surface area contributed by atoms with Crippen LogP contribution >= 0.6 is 0 Å². The van der Waals surface area contributed by atoms with Crippen molar-refractivity contribution in [2.75, 3.05) is 26.4 Å². The van der Waals surface area contributed by atoms with Crippen LogP contribution in [0.25, 0.3) is 0 Å². The van der Waals surface area contributed by atoms with Crippen molar-refractivity contribution in [1.29, 1.82) is 0 Å². The second-order valence-electron chi connectivity index (χ2n) is 4.53. The molecule has 0 bridgehead atoms. The Balaban J connectivity index is 2.31. The van der Waals surface area contributed by atoms with Crippen molar-refractivity contribution in [3.63, 3.8) is 0 Å². The summed E-state index contributed by atoms with van der Waals surface area (Å²) in [6.45, 7) is 8.02. The van der Waals surface area contributed by atoms with Crippen molar-refractivity contribution in [2.24, 2.45) is 0 Å². The van der Waals surface area contributed by atoms with Gasteiger partial charge in [-0.05, 0) is 40.0 Å². The molecular weight excluding hydrogens is 280 g/mol. The van der Waals surface area contributed by atoms with Crippen LogP contribution in [0.5, 0.6) is 0 Å². The van der Waals surface area contributed by atoms with Gasteiger partial charge in [0.05, 0.1) is 0 Å². The highest BCUT2D eigenvalue weighted by Gasteiger charge is 2.39. The third kappa shape index (κ3) is 5.78. The zero-order chi connectivity index (χ0) is 14.8. The summed E-state index contributed by atoms with van der Waals surface area (Å²) in [7, 11) is -2.52. The van der Waals surface area contributed by atoms with Gasteiger partial charge in [-0.15, -0.1) is 0 Å². The number of unbranched alkanes of at least 4 members (excludes halogenated alkanes) is 1. The number of rotatable bonds is 11. The van der Waals surface area contributed by atoms with Gasteiger partial charge in [0, 0.05) is 25.9 Å². The zero-order valence-corrected chi connectivity index (χ0v) is 13.7. The lowest BCUT2D eigenvalue weighted by Crippen LogP contribution is -2.45. The second kappa shape index (κ2) is 9.33. The Morgan fingerprint density at radius 3 is 2.15 bits per heavy atom. The molecule has 0 aliphatic carbocycles. The van der Waals surface area contributed by atoms with Gasteiger partial charge in [0.1, 0.15) is 12.7 Å².